The van der Waals surface area contributed by atoms with Crippen LogP contribution in [0.25, 0.3) is 0 Å². The molecule has 10 heteroatoms. The number of amides is 1. The standard InChI is InChI=1S/C10H9N5O4S/c1-19-7-3-2-5(4-6(7)15(17)18)8(16)12-10-14-13-9(11)20-10/h2-4H,1H3,(H2,11,13)(H,12,14,16). The van der Waals surface area contributed by atoms with Gasteiger partial charge in [0.15, 0.2) is 5.75 Å². The van der Waals surface area contributed by atoms with Gasteiger partial charge >= 0.3 is 5.69 Å². The molecule has 0 atom stereocenters. The van der Waals surface area contributed by atoms with E-state index in [-0.39, 0.29) is 27.3 Å². The van der Waals surface area contributed by atoms with Crippen LogP contribution in [0.3, 0.4) is 0 Å². The molecule has 0 unspecified atom stereocenters. The number of hydrogen-bond acceptors (Lipinski definition) is 8. The summed E-state index contributed by atoms with van der Waals surface area (Å²) in [4.78, 5) is 22.2. The van der Waals surface area contributed by atoms with Gasteiger partial charge in [0, 0.05) is 11.6 Å². The van der Waals surface area contributed by atoms with Gasteiger partial charge in [0.05, 0.1) is 12.0 Å². The van der Waals surface area contributed by atoms with Gasteiger partial charge in [-0.25, -0.2) is 0 Å². The number of carbonyl (C=O) groups excluding carboxylic acids is 1. The molecule has 2 rings (SSSR count). The summed E-state index contributed by atoms with van der Waals surface area (Å²) in [5.74, 6) is -0.474. The van der Waals surface area contributed by atoms with Crippen molar-refractivity contribution in [3.8, 4) is 5.75 Å². The van der Waals surface area contributed by atoms with Gasteiger partial charge < -0.3 is 10.5 Å². The third-order valence-electron chi connectivity index (χ3n) is 2.30. The topological polar surface area (TPSA) is 133 Å². The molecule has 0 aliphatic carbocycles. The number of carbonyl (C=O) groups is 1. The van der Waals surface area contributed by atoms with Gasteiger partial charge in [-0.05, 0) is 12.1 Å². The number of benzene rings is 1. The molecule has 3 N–H and O–H groups in total. The van der Waals surface area contributed by atoms with Gasteiger partial charge in [-0.3, -0.25) is 20.2 Å². The number of nitro groups is 1. The van der Waals surface area contributed by atoms with Crippen LogP contribution in [0.2, 0.25) is 0 Å². The Balaban J connectivity index is 2.26. The summed E-state index contributed by atoms with van der Waals surface area (Å²) in [7, 11) is 1.31. The highest BCUT2D eigenvalue weighted by atomic mass is 32.1. The first-order valence-corrected chi connectivity index (χ1v) is 6.05. The molecule has 2 aromatic rings. The number of nitrogens with two attached hydrogens (primary N) is 1. The second kappa shape index (κ2) is 5.48. The van der Waals surface area contributed by atoms with Gasteiger partial charge in [0.1, 0.15) is 0 Å². The van der Waals surface area contributed by atoms with E-state index in [4.69, 9.17) is 10.5 Å². The summed E-state index contributed by atoms with van der Waals surface area (Å²) in [5.41, 5.74) is 5.19. The second-order valence-corrected chi connectivity index (χ2v) is 4.55. The predicted molar refractivity (Wildman–Crippen MR) is 71.9 cm³/mol. The first kappa shape index (κ1) is 13.7. The minimum atomic E-state index is -0.626. The number of nitrogens with zero attached hydrogens (tertiary/aromatic N) is 3. The van der Waals surface area contributed by atoms with E-state index in [9.17, 15) is 14.9 Å². The van der Waals surface area contributed by atoms with E-state index in [1.807, 2.05) is 0 Å². The Hall–Kier alpha value is -2.75. The monoisotopic (exact) mass is 295 g/mol. The lowest BCUT2D eigenvalue weighted by molar-refractivity contribution is -0.385. The molecule has 0 bridgehead atoms. The van der Waals surface area contributed by atoms with Crippen LogP contribution >= 0.6 is 11.3 Å². The molecule has 0 radical (unpaired) electrons. The second-order valence-electron chi connectivity index (χ2n) is 3.54. The Morgan fingerprint density at radius 2 is 2.25 bits per heavy atom. The Kier molecular flexibility index (Phi) is 3.75. The largest absolute Gasteiger partial charge is 0.490 e. The molecule has 1 amide bonds. The van der Waals surface area contributed by atoms with E-state index in [0.717, 1.165) is 17.4 Å². The lowest BCUT2D eigenvalue weighted by atomic mass is 10.2. The number of methoxy groups -OCH3 is 1. The minimum absolute atomic E-state index is 0.0757. The Labute approximate surface area is 116 Å². The smallest absolute Gasteiger partial charge is 0.311 e. The summed E-state index contributed by atoms with van der Waals surface area (Å²) < 4.78 is 4.85. The Morgan fingerprint density at radius 3 is 2.80 bits per heavy atom. The van der Waals surface area contributed by atoms with Gasteiger partial charge in [-0.2, -0.15) is 0 Å². The zero-order valence-corrected chi connectivity index (χ0v) is 11.0. The van der Waals surface area contributed by atoms with Crippen LogP contribution in [0.15, 0.2) is 18.2 Å². The van der Waals surface area contributed by atoms with Crippen molar-refractivity contribution >= 4 is 33.2 Å². The molecule has 0 spiro atoms. The van der Waals surface area contributed by atoms with Crippen LogP contribution in [-0.4, -0.2) is 28.1 Å². The van der Waals surface area contributed by atoms with Crippen LogP contribution in [0.4, 0.5) is 16.0 Å². The van der Waals surface area contributed by atoms with Crippen molar-refractivity contribution in [1.82, 2.24) is 10.2 Å². The van der Waals surface area contributed by atoms with E-state index >= 15 is 0 Å². The van der Waals surface area contributed by atoms with Crippen molar-refractivity contribution in [2.24, 2.45) is 0 Å². The zero-order chi connectivity index (χ0) is 14.7. The van der Waals surface area contributed by atoms with Gasteiger partial charge in [-0.15, -0.1) is 10.2 Å². The number of ether oxygens (including phenoxy) is 1. The number of nitrogens with one attached hydrogen (secondary N) is 1. The molecule has 1 aromatic heterocycles. The average molecular weight is 295 g/mol. The van der Waals surface area contributed by atoms with Gasteiger partial charge in [0.25, 0.3) is 5.91 Å². The van der Waals surface area contributed by atoms with Crippen molar-refractivity contribution in [2.75, 3.05) is 18.2 Å². The summed E-state index contributed by atoms with van der Waals surface area (Å²) in [6.45, 7) is 0. The third-order valence-corrected chi connectivity index (χ3v) is 2.97. The SMILES string of the molecule is COc1ccc(C(=O)Nc2nnc(N)s2)cc1[N+](=O)[O-]. The highest BCUT2D eigenvalue weighted by Gasteiger charge is 2.18. The highest BCUT2D eigenvalue weighted by molar-refractivity contribution is 7.19. The van der Waals surface area contributed by atoms with Crippen LogP contribution in [0.5, 0.6) is 5.75 Å². The number of nitro benzene ring substituents is 1. The number of nitrogen functional groups attached to an aromatic ring is 1. The fourth-order valence-corrected chi connectivity index (χ4v) is 1.93. The molecule has 1 aromatic carbocycles. The molecule has 0 fully saturated rings. The highest BCUT2D eigenvalue weighted by Crippen LogP contribution is 2.28. The maximum absolute atomic E-state index is 11.9. The van der Waals surface area contributed by atoms with E-state index in [1.54, 1.807) is 0 Å². The Morgan fingerprint density at radius 1 is 1.50 bits per heavy atom. The van der Waals surface area contributed by atoms with Crippen molar-refractivity contribution in [3.05, 3.63) is 33.9 Å². The van der Waals surface area contributed by atoms with Crippen LogP contribution in [0, 0.1) is 10.1 Å². The molecular weight excluding hydrogens is 286 g/mol. The van der Waals surface area contributed by atoms with Crippen molar-refractivity contribution in [1.29, 1.82) is 0 Å². The van der Waals surface area contributed by atoms with Crippen molar-refractivity contribution < 1.29 is 14.5 Å². The third kappa shape index (κ3) is 2.80. The summed E-state index contributed by atoms with van der Waals surface area (Å²) in [6, 6.07) is 3.88. The molecule has 1 heterocycles. The maximum Gasteiger partial charge on any atom is 0.311 e. The number of hydrogen-bond donors (Lipinski definition) is 2. The fraction of sp³-hybridized carbons (Fsp3) is 0.100. The van der Waals surface area contributed by atoms with Crippen molar-refractivity contribution in [3.63, 3.8) is 0 Å². The maximum atomic E-state index is 11.9. The average Bonchev–Trinajstić information content (AvgIpc) is 2.83. The molecule has 0 saturated heterocycles. The first-order chi connectivity index (χ1) is 9.51. The lowest BCUT2D eigenvalue weighted by Gasteiger charge is -2.04. The molecular formula is C10H9N5O4S. The molecule has 0 aliphatic rings. The van der Waals surface area contributed by atoms with Crippen LogP contribution in [-0.2, 0) is 0 Å². The zero-order valence-electron chi connectivity index (χ0n) is 10.2. The number of aromatic nitrogens is 2. The molecule has 0 saturated carbocycles. The van der Waals surface area contributed by atoms with E-state index in [0.29, 0.717) is 0 Å². The van der Waals surface area contributed by atoms with Gasteiger partial charge in [-0.1, -0.05) is 11.3 Å². The normalized spacial score (nSPS) is 10.1. The van der Waals surface area contributed by atoms with Gasteiger partial charge in [0.2, 0.25) is 10.3 Å². The number of anilines is 2. The molecule has 20 heavy (non-hydrogen) atoms. The Bertz CT molecular complexity index is 671. The van der Waals surface area contributed by atoms with E-state index in [2.05, 4.69) is 15.5 Å². The summed E-state index contributed by atoms with van der Waals surface area (Å²) in [5, 5.41) is 20.9. The quantitative estimate of drug-likeness (QED) is 0.641. The number of rotatable bonds is 4. The van der Waals surface area contributed by atoms with Crippen LogP contribution < -0.4 is 15.8 Å². The molecule has 104 valence electrons. The summed E-state index contributed by atoms with van der Waals surface area (Å²) >= 11 is 0.994. The van der Waals surface area contributed by atoms with Crippen LogP contribution in [0.1, 0.15) is 10.4 Å². The molecule has 0 aliphatic heterocycles. The lowest BCUT2D eigenvalue weighted by Crippen LogP contribution is -2.12. The predicted octanol–water partition coefficient (Wildman–Crippen LogP) is 1.29. The van der Waals surface area contributed by atoms with Crippen molar-refractivity contribution in [2.45, 2.75) is 0 Å². The minimum Gasteiger partial charge on any atom is -0.490 e. The molecule has 9 nitrogen and oxygen atoms in total. The summed E-state index contributed by atoms with van der Waals surface area (Å²) in [6.07, 6.45) is 0. The van der Waals surface area contributed by atoms with E-state index < -0.39 is 10.8 Å². The fourth-order valence-electron chi connectivity index (χ4n) is 1.43. The first-order valence-electron chi connectivity index (χ1n) is 5.24. The van der Waals surface area contributed by atoms with E-state index in [1.165, 1.54) is 19.2 Å².